The van der Waals surface area contributed by atoms with Gasteiger partial charge in [-0.2, -0.15) is 13.2 Å². The molecule has 0 N–H and O–H groups in total. The van der Waals surface area contributed by atoms with Crippen LogP contribution >= 0.6 is 0 Å². The molecule has 1 heterocycles. The lowest BCUT2D eigenvalue weighted by molar-refractivity contribution is -0.272. The second kappa shape index (κ2) is 4.18. The second-order valence-corrected chi connectivity index (χ2v) is 5.64. The van der Waals surface area contributed by atoms with E-state index in [1.165, 1.54) is 0 Å². The lowest BCUT2D eigenvalue weighted by Crippen LogP contribution is -2.64. The molecule has 0 unspecified atom stereocenters. The van der Waals surface area contributed by atoms with Gasteiger partial charge in [-0.1, -0.05) is 0 Å². The normalized spacial score (nSPS) is 30.8. The van der Waals surface area contributed by atoms with Crippen molar-refractivity contribution in [3.05, 3.63) is 0 Å². The molecule has 1 aliphatic heterocycles. The van der Waals surface area contributed by atoms with Crippen LogP contribution in [0.25, 0.3) is 0 Å². The van der Waals surface area contributed by atoms with Crippen LogP contribution in [-0.2, 0) is 0 Å². The van der Waals surface area contributed by atoms with Gasteiger partial charge in [0, 0.05) is 30.7 Å². The van der Waals surface area contributed by atoms with Crippen molar-refractivity contribution < 1.29 is 13.2 Å². The monoisotopic (exact) mass is 238 g/mol. The Morgan fingerprint density at radius 1 is 0.875 bits per heavy atom. The van der Waals surface area contributed by atoms with Gasteiger partial charge >= 0.3 is 6.30 Å². The Kier molecular flexibility index (Phi) is 3.60. The van der Waals surface area contributed by atoms with E-state index in [9.17, 15) is 13.2 Å². The van der Waals surface area contributed by atoms with Gasteiger partial charge in [-0.05, 0) is 34.6 Å². The van der Waals surface area contributed by atoms with E-state index >= 15 is 0 Å². The third kappa shape index (κ3) is 2.88. The van der Waals surface area contributed by atoms with Crippen molar-refractivity contribution in [1.82, 2.24) is 9.80 Å². The van der Waals surface area contributed by atoms with Gasteiger partial charge in [0.2, 0.25) is 0 Å². The molecule has 0 aromatic rings. The Bertz CT molecular complexity index is 219. The van der Waals surface area contributed by atoms with E-state index in [-0.39, 0.29) is 18.1 Å². The quantitative estimate of drug-likeness (QED) is 0.599. The first-order chi connectivity index (χ1) is 7.03. The molecule has 0 aromatic heterocycles. The van der Waals surface area contributed by atoms with Crippen LogP contribution in [0.2, 0.25) is 0 Å². The molecule has 2 atom stereocenters. The zero-order valence-electron chi connectivity index (χ0n) is 10.6. The van der Waals surface area contributed by atoms with E-state index in [0.717, 1.165) is 0 Å². The molecule has 96 valence electrons. The summed E-state index contributed by atoms with van der Waals surface area (Å²) in [6.07, 6.45) is -4.21. The highest BCUT2D eigenvalue weighted by molar-refractivity contribution is 4.91. The topological polar surface area (TPSA) is 6.48 Å². The van der Waals surface area contributed by atoms with Crippen LogP contribution in [0.3, 0.4) is 0 Å². The molecule has 0 spiro atoms. The van der Waals surface area contributed by atoms with Gasteiger partial charge in [0.15, 0.2) is 0 Å². The molecule has 5 heteroatoms. The molecular weight excluding hydrogens is 217 g/mol. The van der Waals surface area contributed by atoms with Crippen molar-refractivity contribution in [2.24, 2.45) is 0 Å². The summed E-state index contributed by atoms with van der Waals surface area (Å²) in [5, 5.41) is 0. The molecule has 1 rings (SSSR count). The fraction of sp³-hybridized carbons (Fsp3) is 1.00. The van der Waals surface area contributed by atoms with Gasteiger partial charge in [-0.15, -0.1) is 0 Å². The molecule has 16 heavy (non-hydrogen) atoms. The smallest absolute Gasteiger partial charge is 0.293 e. The van der Waals surface area contributed by atoms with Gasteiger partial charge in [0.25, 0.3) is 0 Å². The third-order valence-electron chi connectivity index (χ3n) is 3.17. The summed E-state index contributed by atoms with van der Waals surface area (Å²) < 4.78 is 38.1. The van der Waals surface area contributed by atoms with E-state index in [0.29, 0.717) is 11.4 Å². The Labute approximate surface area is 95.4 Å². The van der Waals surface area contributed by atoms with Gasteiger partial charge in [0.1, 0.15) is 0 Å². The van der Waals surface area contributed by atoms with Crippen LogP contribution in [0.15, 0.2) is 0 Å². The van der Waals surface area contributed by atoms with Crippen LogP contribution in [0.4, 0.5) is 13.2 Å². The van der Waals surface area contributed by atoms with Gasteiger partial charge < -0.3 is 0 Å². The van der Waals surface area contributed by atoms with Crippen molar-refractivity contribution >= 4 is 0 Å². The number of hydrogen-bond acceptors (Lipinski definition) is 2. The van der Waals surface area contributed by atoms with Crippen molar-refractivity contribution in [1.29, 1.82) is 0 Å². The fourth-order valence-electron chi connectivity index (χ4n) is 2.41. The van der Waals surface area contributed by atoms with Crippen LogP contribution < -0.4 is 0 Å². The molecule has 1 saturated heterocycles. The molecule has 0 aromatic carbocycles. The van der Waals surface area contributed by atoms with Crippen molar-refractivity contribution in [2.75, 3.05) is 13.1 Å². The van der Waals surface area contributed by atoms with E-state index in [1.54, 1.807) is 6.92 Å². The van der Waals surface area contributed by atoms with E-state index in [2.05, 4.69) is 4.90 Å². The van der Waals surface area contributed by atoms with Crippen LogP contribution in [0.1, 0.15) is 34.6 Å². The molecule has 1 aliphatic rings. The van der Waals surface area contributed by atoms with Crippen molar-refractivity contribution in [3.63, 3.8) is 0 Å². The third-order valence-corrected chi connectivity index (χ3v) is 3.17. The standard InChI is InChI=1S/C11H21F3N2/c1-8-7-16(11(12,13)14)9(2)6-15(8)10(3,4)5/h8-9H,6-7H2,1-5H3/t8-,9+/m0/s1. The minimum atomic E-state index is -4.21. The summed E-state index contributed by atoms with van der Waals surface area (Å²) in [5.74, 6) is 0. The summed E-state index contributed by atoms with van der Waals surface area (Å²) >= 11 is 0. The largest absolute Gasteiger partial charge is 0.460 e. The van der Waals surface area contributed by atoms with Gasteiger partial charge in [-0.25, -0.2) is 4.90 Å². The van der Waals surface area contributed by atoms with Gasteiger partial charge in [-0.3, -0.25) is 4.90 Å². The highest BCUT2D eigenvalue weighted by Crippen LogP contribution is 2.31. The first kappa shape index (κ1) is 13.8. The van der Waals surface area contributed by atoms with Crippen molar-refractivity contribution in [2.45, 2.75) is 58.5 Å². The number of hydrogen-bond donors (Lipinski definition) is 0. The van der Waals surface area contributed by atoms with E-state index < -0.39 is 12.3 Å². The predicted octanol–water partition coefficient (Wildman–Crippen LogP) is 2.70. The molecule has 1 fully saturated rings. The summed E-state index contributed by atoms with van der Waals surface area (Å²) in [7, 11) is 0. The molecule has 0 saturated carbocycles. The number of alkyl halides is 3. The predicted molar refractivity (Wildman–Crippen MR) is 58.1 cm³/mol. The number of rotatable bonds is 0. The molecular formula is C11H21F3N2. The lowest BCUT2D eigenvalue weighted by atomic mass is 9.98. The van der Waals surface area contributed by atoms with Crippen molar-refractivity contribution in [3.8, 4) is 0 Å². The Balaban J connectivity index is 2.79. The molecule has 0 amide bonds. The minimum absolute atomic E-state index is 0.0575. The molecule has 0 radical (unpaired) electrons. The lowest BCUT2D eigenvalue weighted by Gasteiger charge is -2.49. The average Bonchev–Trinajstić information content (AvgIpc) is 2.04. The highest BCUT2D eigenvalue weighted by Gasteiger charge is 2.46. The summed E-state index contributed by atoms with van der Waals surface area (Å²) in [6.45, 7) is 10.1. The maximum absolute atomic E-state index is 12.7. The molecule has 0 bridgehead atoms. The van der Waals surface area contributed by atoms with Crippen LogP contribution in [0, 0.1) is 0 Å². The van der Waals surface area contributed by atoms with Crippen LogP contribution in [0.5, 0.6) is 0 Å². The highest BCUT2D eigenvalue weighted by atomic mass is 19.4. The Morgan fingerprint density at radius 3 is 1.62 bits per heavy atom. The summed E-state index contributed by atoms with van der Waals surface area (Å²) in [6, 6.07) is -0.548. The Hall–Kier alpha value is -0.290. The minimum Gasteiger partial charge on any atom is -0.293 e. The zero-order valence-corrected chi connectivity index (χ0v) is 10.6. The number of halogens is 3. The maximum Gasteiger partial charge on any atom is 0.460 e. The molecule has 2 nitrogen and oxygen atoms in total. The number of nitrogens with zero attached hydrogens (tertiary/aromatic N) is 2. The molecule has 0 aliphatic carbocycles. The zero-order chi connectivity index (χ0) is 12.7. The second-order valence-electron chi connectivity index (χ2n) is 5.64. The Morgan fingerprint density at radius 2 is 1.25 bits per heavy atom. The number of piperazine rings is 1. The van der Waals surface area contributed by atoms with E-state index in [4.69, 9.17) is 0 Å². The first-order valence-electron chi connectivity index (χ1n) is 5.63. The van der Waals surface area contributed by atoms with Crippen LogP contribution in [-0.4, -0.2) is 46.8 Å². The van der Waals surface area contributed by atoms with E-state index in [1.807, 2.05) is 27.7 Å². The fourth-order valence-corrected chi connectivity index (χ4v) is 2.41. The maximum atomic E-state index is 12.7. The SMILES string of the molecule is C[C@@H]1CN(C(C)(C)C)[C@@H](C)CN1C(F)(F)F. The average molecular weight is 238 g/mol. The summed E-state index contributed by atoms with van der Waals surface area (Å²) in [5.41, 5.74) is -0.0780. The first-order valence-corrected chi connectivity index (χ1v) is 5.63. The van der Waals surface area contributed by atoms with Gasteiger partial charge in [0.05, 0.1) is 0 Å². The summed E-state index contributed by atoms with van der Waals surface area (Å²) in [4.78, 5) is 2.78.